The molecule has 3 amide bonds. The highest BCUT2D eigenvalue weighted by Crippen LogP contribution is 2.27. The molecule has 1 aliphatic rings. The maximum Gasteiger partial charge on any atom is 0.405 e. The molecule has 1 fully saturated rings. The molecule has 1 aliphatic heterocycles. The van der Waals surface area contributed by atoms with E-state index >= 15 is 0 Å². The number of hydrogen-bond acceptors (Lipinski definition) is 3. The number of nitrogens with zero attached hydrogens (tertiary/aromatic N) is 1. The van der Waals surface area contributed by atoms with Crippen LogP contribution in [0.4, 0.5) is 24.5 Å². The first-order chi connectivity index (χ1) is 14.1. The summed E-state index contributed by atoms with van der Waals surface area (Å²) in [5.41, 5.74) is 0.570. The molecular formula is C20H17ClF3N3O3. The van der Waals surface area contributed by atoms with E-state index < -0.39 is 30.5 Å². The molecule has 1 atom stereocenters. The topological polar surface area (TPSA) is 78.5 Å². The number of hydrogen-bond donors (Lipinski definition) is 2. The van der Waals surface area contributed by atoms with Crippen molar-refractivity contribution in [2.45, 2.75) is 12.6 Å². The van der Waals surface area contributed by atoms with Crippen molar-refractivity contribution < 1.29 is 27.6 Å². The monoisotopic (exact) mass is 439 g/mol. The molecule has 2 N–H and O–H groups in total. The van der Waals surface area contributed by atoms with Crippen molar-refractivity contribution in [1.29, 1.82) is 0 Å². The summed E-state index contributed by atoms with van der Waals surface area (Å²) in [6.45, 7) is -1.35. The smallest absolute Gasteiger partial charge is 0.343 e. The van der Waals surface area contributed by atoms with Gasteiger partial charge >= 0.3 is 6.18 Å². The Morgan fingerprint density at radius 1 is 1.10 bits per heavy atom. The Morgan fingerprint density at radius 2 is 1.77 bits per heavy atom. The Labute approximate surface area is 175 Å². The lowest BCUT2D eigenvalue weighted by atomic mass is 10.1. The number of carbonyl (C=O) groups is 3. The fourth-order valence-corrected chi connectivity index (χ4v) is 3.18. The van der Waals surface area contributed by atoms with Gasteiger partial charge in [-0.15, -0.1) is 0 Å². The van der Waals surface area contributed by atoms with E-state index in [9.17, 15) is 27.6 Å². The molecule has 0 aromatic heterocycles. The standard InChI is InChI=1S/C20H17ClF3N3O3/c21-13-5-7-14(8-6-13)27-10-12(9-17(27)28)18(29)26-16-4-2-1-3-15(16)19(30)25-11-20(22,23)24/h1-8,12H,9-11H2,(H,25,30)(H,26,29). The number of halogens is 4. The third-order valence-electron chi connectivity index (χ3n) is 4.51. The Hall–Kier alpha value is -3.07. The van der Waals surface area contributed by atoms with Crippen LogP contribution in [-0.4, -0.2) is 37.0 Å². The number of alkyl halides is 3. The minimum atomic E-state index is -4.55. The van der Waals surface area contributed by atoms with Gasteiger partial charge in [0.05, 0.1) is 17.2 Å². The summed E-state index contributed by atoms with van der Waals surface area (Å²) in [7, 11) is 0. The zero-order valence-corrected chi connectivity index (χ0v) is 16.3. The molecule has 0 aliphatic carbocycles. The first-order valence-electron chi connectivity index (χ1n) is 8.95. The molecular weight excluding hydrogens is 423 g/mol. The molecule has 2 aromatic rings. The van der Waals surface area contributed by atoms with E-state index in [0.717, 1.165) is 0 Å². The van der Waals surface area contributed by atoms with Gasteiger partial charge < -0.3 is 15.5 Å². The van der Waals surface area contributed by atoms with Crippen LogP contribution < -0.4 is 15.5 Å². The van der Waals surface area contributed by atoms with E-state index in [0.29, 0.717) is 10.7 Å². The van der Waals surface area contributed by atoms with Gasteiger partial charge in [0, 0.05) is 23.7 Å². The number of nitrogens with one attached hydrogen (secondary N) is 2. The van der Waals surface area contributed by atoms with Crippen LogP contribution in [0, 0.1) is 5.92 Å². The molecule has 30 heavy (non-hydrogen) atoms. The highest BCUT2D eigenvalue weighted by Gasteiger charge is 2.35. The van der Waals surface area contributed by atoms with Crippen molar-refractivity contribution in [3.05, 3.63) is 59.1 Å². The summed E-state index contributed by atoms with van der Waals surface area (Å²) < 4.78 is 37.1. The minimum absolute atomic E-state index is 0.0309. The Kier molecular flexibility index (Phi) is 6.31. The van der Waals surface area contributed by atoms with E-state index in [1.165, 1.54) is 29.2 Å². The van der Waals surface area contributed by atoms with Gasteiger partial charge in [0.25, 0.3) is 5.91 Å². The maximum absolute atomic E-state index is 12.7. The Balaban J connectivity index is 1.69. The van der Waals surface area contributed by atoms with Gasteiger partial charge in [-0.25, -0.2) is 0 Å². The molecule has 0 spiro atoms. The third-order valence-corrected chi connectivity index (χ3v) is 4.77. The molecule has 1 saturated heterocycles. The van der Waals surface area contributed by atoms with Crippen LogP contribution in [0.3, 0.4) is 0 Å². The number of anilines is 2. The zero-order valence-electron chi connectivity index (χ0n) is 15.5. The average molecular weight is 440 g/mol. The number of benzene rings is 2. The van der Waals surface area contributed by atoms with E-state index in [4.69, 9.17) is 11.6 Å². The number of carbonyl (C=O) groups excluding carboxylic acids is 3. The van der Waals surface area contributed by atoms with E-state index in [-0.39, 0.29) is 30.1 Å². The lowest BCUT2D eigenvalue weighted by Crippen LogP contribution is -2.34. The fraction of sp³-hybridized carbons (Fsp3) is 0.250. The van der Waals surface area contributed by atoms with Gasteiger partial charge in [0.2, 0.25) is 11.8 Å². The molecule has 3 rings (SSSR count). The normalized spacial score (nSPS) is 16.5. The highest BCUT2D eigenvalue weighted by atomic mass is 35.5. The summed E-state index contributed by atoms with van der Waals surface area (Å²) in [6, 6.07) is 12.3. The number of amides is 3. The van der Waals surface area contributed by atoms with Crippen molar-refractivity contribution in [3.63, 3.8) is 0 Å². The van der Waals surface area contributed by atoms with Gasteiger partial charge in [-0.2, -0.15) is 13.2 Å². The summed E-state index contributed by atoms with van der Waals surface area (Å²) in [6.07, 6.45) is -4.58. The predicted molar refractivity (Wildman–Crippen MR) is 105 cm³/mol. The summed E-state index contributed by atoms with van der Waals surface area (Å²) in [4.78, 5) is 38.5. The van der Waals surface area contributed by atoms with E-state index in [1.54, 1.807) is 29.6 Å². The van der Waals surface area contributed by atoms with E-state index in [1.807, 2.05) is 0 Å². The fourth-order valence-electron chi connectivity index (χ4n) is 3.05. The molecule has 1 heterocycles. The van der Waals surface area contributed by atoms with Crippen molar-refractivity contribution in [2.75, 3.05) is 23.3 Å². The van der Waals surface area contributed by atoms with Gasteiger partial charge in [0.1, 0.15) is 6.54 Å². The quantitative estimate of drug-likeness (QED) is 0.747. The maximum atomic E-state index is 12.7. The van der Waals surface area contributed by atoms with Gasteiger partial charge in [-0.3, -0.25) is 14.4 Å². The van der Waals surface area contributed by atoms with Crippen LogP contribution in [0.2, 0.25) is 5.02 Å². The average Bonchev–Trinajstić information content (AvgIpc) is 3.08. The summed E-state index contributed by atoms with van der Waals surface area (Å²) >= 11 is 5.85. The van der Waals surface area contributed by atoms with Crippen molar-refractivity contribution in [1.82, 2.24) is 5.32 Å². The molecule has 2 aromatic carbocycles. The van der Waals surface area contributed by atoms with Gasteiger partial charge in [-0.05, 0) is 36.4 Å². The Bertz CT molecular complexity index is 964. The van der Waals surface area contributed by atoms with Crippen LogP contribution in [0.15, 0.2) is 48.5 Å². The van der Waals surface area contributed by atoms with E-state index in [2.05, 4.69) is 5.32 Å². The molecule has 0 saturated carbocycles. The van der Waals surface area contributed by atoms with Crippen LogP contribution in [0.1, 0.15) is 16.8 Å². The van der Waals surface area contributed by atoms with Crippen LogP contribution >= 0.6 is 11.6 Å². The second kappa shape index (κ2) is 8.74. The molecule has 0 radical (unpaired) electrons. The van der Waals surface area contributed by atoms with Crippen molar-refractivity contribution in [3.8, 4) is 0 Å². The lowest BCUT2D eigenvalue weighted by molar-refractivity contribution is -0.123. The highest BCUT2D eigenvalue weighted by molar-refractivity contribution is 6.30. The lowest BCUT2D eigenvalue weighted by Gasteiger charge is -2.17. The summed E-state index contributed by atoms with van der Waals surface area (Å²) in [5, 5.41) is 4.84. The molecule has 158 valence electrons. The number of para-hydroxylation sites is 1. The molecule has 1 unspecified atom stereocenters. The summed E-state index contributed by atoms with van der Waals surface area (Å²) in [5.74, 6) is -2.39. The van der Waals surface area contributed by atoms with Crippen molar-refractivity contribution >= 4 is 40.7 Å². The SMILES string of the molecule is O=C(NCC(F)(F)F)c1ccccc1NC(=O)C1CC(=O)N(c2ccc(Cl)cc2)C1. The van der Waals surface area contributed by atoms with Crippen LogP contribution in [-0.2, 0) is 9.59 Å². The van der Waals surface area contributed by atoms with Crippen LogP contribution in [0.25, 0.3) is 0 Å². The van der Waals surface area contributed by atoms with Crippen molar-refractivity contribution in [2.24, 2.45) is 5.92 Å². The Morgan fingerprint density at radius 3 is 2.43 bits per heavy atom. The van der Waals surface area contributed by atoms with Gasteiger partial charge in [0.15, 0.2) is 0 Å². The second-order valence-corrected chi connectivity index (χ2v) is 7.15. The van der Waals surface area contributed by atoms with Crippen LogP contribution in [0.5, 0.6) is 0 Å². The third kappa shape index (κ3) is 5.29. The first-order valence-corrected chi connectivity index (χ1v) is 9.32. The molecule has 0 bridgehead atoms. The molecule has 10 heteroatoms. The largest absolute Gasteiger partial charge is 0.405 e. The van der Waals surface area contributed by atoms with Gasteiger partial charge in [-0.1, -0.05) is 23.7 Å². The molecule has 6 nitrogen and oxygen atoms in total. The first kappa shape index (κ1) is 21.6. The number of rotatable bonds is 5. The zero-order chi connectivity index (χ0) is 21.9. The predicted octanol–water partition coefficient (Wildman–Crippen LogP) is 3.62. The second-order valence-electron chi connectivity index (χ2n) is 6.71. The minimum Gasteiger partial charge on any atom is -0.343 e.